The van der Waals surface area contributed by atoms with Crippen LogP contribution in [0.3, 0.4) is 0 Å². The van der Waals surface area contributed by atoms with E-state index in [0.29, 0.717) is 0 Å². The lowest BCUT2D eigenvalue weighted by Crippen LogP contribution is -2.05. The quantitative estimate of drug-likeness (QED) is 0.339. The maximum atomic E-state index is 8.37. The number of rotatable bonds is 2. The first-order chi connectivity index (χ1) is 3.27. The van der Waals surface area contributed by atoms with Crippen LogP contribution >= 0.6 is 0 Å². The molecule has 0 saturated carbocycles. The van der Waals surface area contributed by atoms with Gasteiger partial charge in [0.2, 0.25) is 0 Å². The molecule has 0 aliphatic carbocycles. The summed E-state index contributed by atoms with van der Waals surface area (Å²) >= 11 is 0. The molecule has 0 saturated heterocycles. The van der Waals surface area contributed by atoms with Crippen LogP contribution in [0.4, 0.5) is 0 Å². The molecule has 0 aromatic carbocycles. The monoisotopic (exact) mass is 103 g/mol. The molecule has 0 atom stereocenters. The zero-order valence-electron chi connectivity index (χ0n) is 4.18. The van der Waals surface area contributed by atoms with Crippen molar-refractivity contribution in [3.05, 3.63) is 12.0 Å². The number of hydrogen-bond donors (Lipinski definition) is 3. The van der Waals surface area contributed by atoms with Crippen molar-refractivity contribution in [3.63, 3.8) is 0 Å². The van der Waals surface area contributed by atoms with Gasteiger partial charge in [0.25, 0.3) is 0 Å². The number of allylic oxidation sites excluding steroid dienone is 1. The maximum absolute atomic E-state index is 8.37. The van der Waals surface area contributed by atoms with E-state index < -0.39 is 0 Å². The van der Waals surface area contributed by atoms with E-state index in [1.165, 1.54) is 13.1 Å². The molecule has 0 radical (unpaired) electrons. The van der Waals surface area contributed by atoms with Gasteiger partial charge in [0.15, 0.2) is 0 Å². The van der Waals surface area contributed by atoms with Crippen LogP contribution in [0.2, 0.25) is 0 Å². The smallest absolute Gasteiger partial charge is 0.112 e. The Morgan fingerprint density at radius 3 is 2.57 bits per heavy atom. The summed E-state index contributed by atoms with van der Waals surface area (Å²) in [6.07, 6.45) is 1.32. The minimum Gasteiger partial charge on any atom is -0.511 e. The summed E-state index contributed by atoms with van der Waals surface area (Å²) in [7, 11) is 0. The molecular formula is C4H9NO2. The Labute approximate surface area is 42.3 Å². The van der Waals surface area contributed by atoms with E-state index in [4.69, 9.17) is 10.2 Å². The van der Waals surface area contributed by atoms with Gasteiger partial charge in [-0.15, -0.1) is 0 Å². The van der Waals surface area contributed by atoms with Gasteiger partial charge in [-0.3, -0.25) is 0 Å². The maximum Gasteiger partial charge on any atom is 0.112 e. The van der Waals surface area contributed by atoms with E-state index in [-0.39, 0.29) is 12.5 Å². The third kappa shape index (κ3) is 5.30. The first-order valence-electron chi connectivity index (χ1n) is 1.97. The Morgan fingerprint density at radius 2 is 2.43 bits per heavy atom. The van der Waals surface area contributed by atoms with Gasteiger partial charge in [0.05, 0.1) is 0 Å². The zero-order chi connectivity index (χ0) is 5.70. The van der Waals surface area contributed by atoms with Crippen molar-refractivity contribution in [3.8, 4) is 0 Å². The van der Waals surface area contributed by atoms with Gasteiger partial charge in [-0.05, 0) is 6.92 Å². The van der Waals surface area contributed by atoms with E-state index in [9.17, 15) is 0 Å². The van der Waals surface area contributed by atoms with Crippen LogP contribution in [0.1, 0.15) is 6.92 Å². The van der Waals surface area contributed by atoms with Crippen LogP contribution < -0.4 is 5.32 Å². The third-order valence-electron chi connectivity index (χ3n) is 0.402. The van der Waals surface area contributed by atoms with Gasteiger partial charge in [-0.25, -0.2) is 0 Å². The lowest BCUT2D eigenvalue weighted by Gasteiger charge is -1.90. The molecule has 0 amide bonds. The SMILES string of the molecule is C/C(O)=C/NCO. The fourth-order valence-electron chi connectivity index (χ4n) is 0.193. The molecule has 7 heavy (non-hydrogen) atoms. The first-order valence-corrected chi connectivity index (χ1v) is 1.97. The van der Waals surface area contributed by atoms with Crippen molar-refractivity contribution in [2.75, 3.05) is 6.73 Å². The summed E-state index contributed by atoms with van der Waals surface area (Å²) in [4.78, 5) is 0. The number of hydrogen-bond acceptors (Lipinski definition) is 3. The van der Waals surface area contributed by atoms with E-state index in [0.717, 1.165) is 0 Å². The molecule has 0 aromatic rings. The average Bonchev–Trinajstić information content (AvgIpc) is 1.61. The minimum atomic E-state index is -0.141. The van der Waals surface area contributed by atoms with Crippen LogP contribution in [0.25, 0.3) is 0 Å². The normalized spacial score (nSPS) is 11.4. The van der Waals surface area contributed by atoms with E-state index in [2.05, 4.69) is 5.32 Å². The van der Waals surface area contributed by atoms with Crippen LogP contribution in [-0.2, 0) is 0 Å². The van der Waals surface area contributed by atoms with Gasteiger partial charge in [-0.2, -0.15) is 0 Å². The van der Waals surface area contributed by atoms with E-state index in [1.54, 1.807) is 0 Å². The van der Waals surface area contributed by atoms with Crippen LogP contribution in [0.5, 0.6) is 0 Å². The molecule has 42 valence electrons. The summed E-state index contributed by atoms with van der Waals surface area (Å²) in [6.45, 7) is 1.38. The van der Waals surface area contributed by atoms with Gasteiger partial charge in [0, 0.05) is 6.20 Å². The Kier molecular flexibility index (Phi) is 3.14. The van der Waals surface area contributed by atoms with Gasteiger partial charge >= 0.3 is 0 Å². The second-order valence-corrected chi connectivity index (χ2v) is 1.15. The molecule has 0 rings (SSSR count). The van der Waals surface area contributed by atoms with Crippen molar-refractivity contribution in [2.24, 2.45) is 0 Å². The summed E-state index contributed by atoms with van der Waals surface area (Å²) in [6, 6.07) is 0. The van der Waals surface area contributed by atoms with Crippen molar-refractivity contribution in [2.45, 2.75) is 6.92 Å². The highest BCUT2D eigenvalue weighted by Crippen LogP contribution is 1.75. The minimum absolute atomic E-state index is 0.141. The number of aliphatic hydroxyl groups excluding tert-OH is 2. The Hall–Kier alpha value is -0.700. The largest absolute Gasteiger partial charge is 0.511 e. The molecule has 3 nitrogen and oxygen atoms in total. The molecule has 3 N–H and O–H groups in total. The standard InChI is InChI=1S/C4H9NO2/c1-4(7)2-5-3-6/h2,5-7H,3H2,1H3/b4-2-. The summed E-state index contributed by atoms with van der Waals surface area (Å²) in [5.41, 5.74) is 0. The summed E-state index contributed by atoms with van der Waals surface area (Å²) in [5, 5.41) is 18.8. The summed E-state index contributed by atoms with van der Waals surface area (Å²) < 4.78 is 0. The lowest BCUT2D eigenvalue weighted by molar-refractivity contribution is 0.276. The predicted octanol–water partition coefficient (Wildman–Crippen LogP) is -0.0549. The van der Waals surface area contributed by atoms with E-state index in [1.807, 2.05) is 0 Å². The number of aliphatic hydroxyl groups is 2. The summed E-state index contributed by atoms with van der Waals surface area (Å²) in [5.74, 6) is 0.161. The molecular weight excluding hydrogens is 94.0 g/mol. The predicted molar refractivity (Wildman–Crippen MR) is 26.6 cm³/mol. The Morgan fingerprint density at radius 1 is 1.86 bits per heavy atom. The molecule has 0 unspecified atom stereocenters. The average molecular weight is 103 g/mol. The highest BCUT2D eigenvalue weighted by molar-refractivity contribution is 4.81. The van der Waals surface area contributed by atoms with Crippen LogP contribution in [0, 0.1) is 0 Å². The number of nitrogens with one attached hydrogen (secondary N) is 1. The van der Waals surface area contributed by atoms with Gasteiger partial charge < -0.3 is 15.5 Å². The fraction of sp³-hybridized carbons (Fsp3) is 0.500. The lowest BCUT2D eigenvalue weighted by atomic mass is 10.6. The molecule has 0 spiro atoms. The second kappa shape index (κ2) is 3.49. The van der Waals surface area contributed by atoms with Gasteiger partial charge in [-0.1, -0.05) is 0 Å². The molecule has 0 aliphatic rings. The van der Waals surface area contributed by atoms with Gasteiger partial charge in [0.1, 0.15) is 12.5 Å². The van der Waals surface area contributed by atoms with Crippen molar-refractivity contribution in [1.29, 1.82) is 0 Å². The van der Waals surface area contributed by atoms with Crippen LogP contribution in [-0.4, -0.2) is 16.9 Å². The molecule has 0 aromatic heterocycles. The zero-order valence-corrected chi connectivity index (χ0v) is 4.18. The molecule has 0 aliphatic heterocycles. The van der Waals surface area contributed by atoms with Crippen LogP contribution in [0.15, 0.2) is 12.0 Å². The molecule has 0 fully saturated rings. The van der Waals surface area contributed by atoms with E-state index >= 15 is 0 Å². The highest BCUT2D eigenvalue weighted by Gasteiger charge is 1.72. The second-order valence-electron chi connectivity index (χ2n) is 1.15. The highest BCUT2D eigenvalue weighted by atomic mass is 16.3. The van der Waals surface area contributed by atoms with Crippen molar-refractivity contribution >= 4 is 0 Å². The topological polar surface area (TPSA) is 52.5 Å². The first kappa shape index (κ1) is 6.30. The Balaban J connectivity index is 3.08. The van der Waals surface area contributed by atoms with Crippen molar-refractivity contribution in [1.82, 2.24) is 5.32 Å². The fourth-order valence-corrected chi connectivity index (χ4v) is 0.193. The molecule has 0 bridgehead atoms. The third-order valence-corrected chi connectivity index (χ3v) is 0.402. The van der Waals surface area contributed by atoms with Crippen molar-refractivity contribution < 1.29 is 10.2 Å². The molecule has 0 heterocycles. The Bertz CT molecular complexity index is 66.1. The molecule has 3 heteroatoms.